The topological polar surface area (TPSA) is 38.7 Å². The monoisotopic (exact) mass is 256 g/mol. The van der Waals surface area contributed by atoms with Gasteiger partial charge >= 0.3 is 0 Å². The normalized spacial score (nSPS) is 13.6. The minimum atomic E-state index is -0.882. The van der Waals surface area contributed by atoms with E-state index in [0.29, 0.717) is 0 Å². The average Bonchev–Trinajstić information content (AvgIpc) is 2.85. The lowest BCUT2D eigenvalue weighted by atomic mass is 9.89. The second kappa shape index (κ2) is 4.28. The van der Waals surface area contributed by atoms with E-state index < -0.39 is 5.60 Å². The highest BCUT2D eigenvalue weighted by Crippen LogP contribution is 2.38. The van der Waals surface area contributed by atoms with Gasteiger partial charge in [-0.05, 0) is 42.7 Å². The summed E-state index contributed by atoms with van der Waals surface area (Å²) in [5.74, 6) is 1.52. The van der Waals surface area contributed by atoms with Crippen LogP contribution < -0.4 is 9.47 Å². The summed E-state index contributed by atoms with van der Waals surface area (Å²) < 4.78 is 10.7. The van der Waals surface area contributed by atoms with Gasteiger partial charge in [-0.3, -0.25) is 0 Å². The first-order valence-corrected chi connectivity index (χ1v) is 6.27. The average molecular weight is 256 g/mol. The van der Waals surface area contributed by atoms with Crippen molar-refractivity contribution in [1.29, 1.82) is 0 Å². The highest BCUT2D eigenvalue weighted by atomic mass is 16.7. The van der Waals surface area contributed by atoms with Crippen molar-refractivity contribution in [2.75, 3.05) is 6.79 Å². The van der Waals surface area contributed by atoms with E-state index in [-0.39, 0.29) is 6.79 Å². The molecule has 3 nitrogen and oxygen atoms in total. The number of fused-ring (bicyclic) bond motifs is 1. The Morgan fingerprint density at radius 1 is 1.00 bits per heavy atom. The Balaban J connectivity index is 2.12. The van der Waals surface area contributed by atoms with Crippen LogP contribution >= 0.6 is 0 Å². The van der Waals surface area contributed by atoms with Crippen molar-refractivity contribution in [2.45, 2.75) is 19.4 Å². The molecule has 0 spiro atoms. The highest BCUT2D eigenvalue weighted by Gasteiger charge is 2.21. The molecule has 3 heteroatoms. The van der Waals surface area contributed by atoms with Crippen molar-refractivity contribution in [2.24, 2.45) is 0 Å². The van der Waals surface area contributed by atoms with Crippen LogP contribution in [0.25, 0.3) is 11.1 Å². The molecule has 0 aromatic heterocycles. The van der Waals surface area contributed by atoms with E-state index in [1.54, 1.807) is 13.8 Å². The zero-order valence-corrected chi connectivity index (χ0v) is 11.0. The molecule has 0 aliphatic carbocycles. The Hall–Kier alpha value is -2.00. The van der Waals surface area contributed by atoms with Crippen molar-refractivity contribution in [1.82, 2.24) is 0 Å². The van der Waals surface area contributed by atoms with Gasteiger partial charge in [0, 0.05) is 0 Å². The highest BCUT2D eigenvalue weighted by molar-refractivity contribution is 5.71. The third-order valence-electron chi connectivity index (χ3n) is 3.27. The number of hydrogen-bond acceptors (Lipinski definition) is 3. The van der Waals surface area contributed by atoms with Crippen LogP contribution in [-0.4, -0.2) is 11.9 Å². The fourth-order valence-corrected chi connectivity index (χ4v) is 2.33. The van der Waals surface area contributed by atoms with E-state index in [4.69, 9.17) is 9.47 Å². The van der Waals surface area contributed by atoms with Crippen molar-refractivity contribution >= 4 is 0 Å². The van der Waals surface area contributed by atoms with Crippen LogP contribution in [0, 0.1) is 0 Å². The van der Waals surface area contributed by atoms with E-state index in [1.165, 1.54) is 0 Å². The number of ether oxygens (including phenoxy) is 2. The predicted molar refractivity (Wildman–Crippen MR) is 73.2 cm³/mol. The van der Waals surface area contributed by atoms with Crippen LogP contribution in [0.4, 0.5) is 0 Å². The number of benzene rings is 2. The molecule has 0 bridgehead atoms. The summed E-state index contributed by atoms with van der Waals surface area (Å²) in [4.78, 5) is 0. The van der Waals surface area contributed by atoms with Crippen LogP contribution in [0.5, 0.6) is 11.5 Å². The molecule has 3 rings (SSSR count). The van der Waals surface area contributed by atoms with Gasteiger partial charge in [0.2, 0.25) is 6.79 Å². The van der Waals surface area contributed by atoms with Crippen LogP contribution in [0.2, 0.25) is 0 Å². The lowest BCUT2D eigenvalue weighted by Crippen LogP contribution is -2.16. The van der Waals surface area contributed by atoms with Gasteiger partial charge in [0.25, 0.3) is 0 Å². The quantitative estimate of drug-likeness (QED) is 0.896. The smallest absolute Gasteiger partial charge is 0.231 e. The van der Waals surface area contributed by atoms with Crippen molar-refractivity contribution in [3.63, 3.8) is 0 Å². The summed E-state index contributed by atoms with van der Waals surface area (Å²) in [5, 5.41) is 10.3. The maximum absolute atomic E-state index is 10.3. The molecule has 2 aromatic rings. The second-order valence-electron chi connectivity index (χ2n) is 5.17. The number of hydrogen-bond donors (Lipinski definition) is 1. The Labute approximate surface area is 112 Å². The lowest BCUT2D eigenvalue weighted by molar-refractivity contribution is 0.0792. The molecule has 19 heavy (non-hydrogen) atoms. The predicted octanol–water partition coefficient (Wildman–Crippen LogP) is 3.31. The SMILES string of the molecule is CC(C)(O)c1ccccc1-c1ccc2c(c1)OCO2. The van der Waals surface area contributed by atoms with Gasteiger partial charge in [0.05, 0.1) is 5.60 Å². The summed E-state index contributed by atoms with van der Waals surface area (Å²) in [6.07, 6.45) is 0. The summed E-state index contributed by atoms with van der Waals surface area (Å²) >= 11 is 0. The first kappa shape index (κ1) is 12.1. The van der Waals surface area contributed by atoms with Gasteiger partial charge in [0.1, 0.15) is 0 Å². The van der Waals surface area contributed by atoms with Gasteiger partial charge in [-0.25, -0.2) is 0 Å². The van der Waals surface area contributed by atoms with Crippen molar-refractivity contribution in [3.8, 4) is 22.6 Å². The largest absolute Gasteiger partial charge is 0.454 e. The lowest BCUT2D eigenvalue weighted by Gasteiger charge is -2.21. The fraction of sp³-hybridized carbons (Fsp3) is 0.250. The van der Waals surface area contributed by atoms with Crippen molar-refractivity contribution < 1.29 is 14.6 Å². The van der Waals surface area contributed by atoms with Gasteiger partial charge < -0.3 is 14.6 Å². The molecule has 0 radical (unpaired) electrons. The van der Waals surface area contributed by atoms with Gasteiger partial charge in [-0.1, -0.05) is 30.3 Å². The zero-order chi connectivity index (χ0) is 13.5. The first-order valence-electron chi connectivity index (χ1n) is 6.27. The molecule has 1 N–H and O–H groups in total. The molecule has 1 aliphatic rings. The van der Waals surface area contributed by atoms with Crippen LogP contribution in [0.3, 0.4) is 0 Å². The summed E-state index contributed by atoms with van der Waals surface area (Å²) in [7, 11) is 0. The molecule has 0 fully saturated rings. The first-order chi connectivity index (χ1) is 9.05. The van der Waals surface area contributed by atoms with Crippen LogP contribution in [0.15, 0.2) is 42.5 Å². The van der Waals surface area contributed by atoms with Crippen molar-refractivity contribution in [3.05, 3.63) is 48.0 Å². The third-order valence-corrected chi connectivity index (χ3v) is 3.27. The molecule has 0 unspecified atom stereocenters. The molecule has 2 aromatic carbocycles. The summed E-state index contributed by atoms with van der Waals surface area (Å²) in [5.41, 5.74) is 2.04. The van der Waals surface area contributed by atoms with Gasteiger partial charge in [0.15, 0.2) is 11.5 Å². The zero-order valence-electron chi connectivity index (χ0n) is 11.0. The molecule has 0 amide bonds. The van der Waals surface area contributed by atoms with Crippen LogP contribution in [0.1, 0.15) is 19.4 Å². The standard InChI is InChI=1S/C16H16O3/c1-16(2,17)13-6-4-3-5-12(13)11-7-8-14-15(9-11)19-10-18-14/h3-9,17H,10H2,1-2H3. The van der Waals surface area contributed by atoms with E-state index in [1.807, 2.05) is 42.5 Å². The summed E-state index contributed by atoms with van der Waals surface area (Å²) in [6, 6.07) is 13.7. The Kier molecular flexibility index (Phi) is 2.72. The summed E-state index contributed by atoms with van der Waals surface area (Å²) in [6.45, 7) is 3.85. The Morgan fingerprint density at radius 2 is 1.74 bits per heavy atom. The molecule has 0 saturated carbocycles. The van der Waals surface area contributed by atoms with E-state index in [0.717, 1.165) is 28.2 Å². The minimum Gasteiger partial charge on any atom is -0.454 e. The maximum atomic E-state index is 10.3. The fourth-order valence-electron chi connectivity index (χ4n) is 2.33. The molecule has 0 atom stereocenters. The third kappa shape index (κ3) is 2.17. The molecule has 1 heterocycles. The van der Waals surface area contributed by atoms with Crippen LogP contribution in [-0.2, 0) is 5.60 Å². The molecule has 0 saturated heterocycles. The minimum absolute atomic E-state index is 0.270. The van der Waals surface area contributed by atoms with Gasteiger partial charge in [-0.2, -0.15) is 0 Å². The van der Waals surface area contributed by atoms with E-state index >= 15 is 0 Å². The maximum Gasteiger partial charge on any atom is 0.231 e. The molecular weight excluding hydrogens is 240 g/mol. The van der Waals surface area contributed by atoms with E-state index in [2.05, 4.69) is 0 Å². The van der Waals surface area contributed by atoms with Gasteiger partial charge in [-0.15, -0.1) is 0 Å². The second-order valence-corrected chi connectivity index (χ2v) is 5.17. The molecule has 1 aliphatic heterocycles. The Morgan fingerprint density at radius 3 is 2.53 bits per heavy atom. The molecule has 98 valence electrons. The van der Waals surface area contributed by atoms with E-state index in [9.17, 15) is 5.11 Å². The number of aliphatic hydroxyl groups is 1. The molecular formula is C16H16O3. The number of rotatable bonds is 2. The Bertz CT molecular complexity index is 612.